The highest BCUT2D eigenvalue weighted by molar-refractivity contribution is 6.38. The highest BCUT2D eigenvalue weighted by Gasteiger charge is 2.19. The van der Waals surface area contributed by atoms with E-state index in [4.69, 9.17) is 16.3 Å². The molecule has 0 aliphatic heterocycles. The number of benzene rings is 2. The van der Waals surface area contributed by atoms with Gasteiger partial charge in [0.15, 0.2) is 6.61 Å². The van der Waals surface area contributed by atoms with E-state index in [1.807, 2.05) is 63.2 Å². The van der Waals surface area contributed by atoms with Gasteiger partial charge in [-0.15, -0.1) is 0 Å². The molecule has 0 spiro atoms. The first-order chi connectivity index (χ1) is 12.9. The van der Waals surface area contributed by atoms with Gasteiger partial charge in [-0.25, -0.2) is 4.79 Å². The normalized spacial score (nSPS) is 12.0. The molecule has 1 unspecified atom stereocenters. The first-order valence-electron chi connectivity index (χ1n) is 8.66. The van der Waals surface area contributed by atoms with Crippen molar-refractivity contribution >= 4 is 34.4 Å². The number of carbonyl (C=O) groups excluding carboxylic acids is 2. The van der Waals surface area contributed by atoms with Crippen LogP contribution in [0.25, 0.3) is 10.9 Å². The van der Waals surface area contributed by atoms with Gasteiger partial charge in [-0.1, -0.05) is 48.0 Å². The van der Waals surface area contributed by atoms with Gasteiger partial charge >= 0.3 is 5.97 Å². The summed E-state index contributed by atoms with van der Waals surface area (Å²) in [4.78, 5) is 27.3. The summed E-state index contributed by atoms with van der Waals surface area (Å²) in [5.41, 5.74) is 4.24. The lowest BCUT2D eigenvalue weighted by atomic mass is 10.0. The van der Waals surface area contributed by atoms with E-state index in [1.165, 1.54) is 5.56 Å². The van der Waals surface area contributed by atoms with Gasteiger partial charge in [-0.3, -0.25) is 4.79 Å². The van der Waals surface area contributed by atoms with Crippen molar-refractivity contribution in [3.05, 3.63) is 69.9 Å². The second-order valence-corrected chi connectivity index (χ2v) is 6.95. The maximum absolute atomic E-state index is 12.3. The average Bonchev–Trinajstić information content (AvgIpc) is 2.99. The molecule has 2 N–H and O–H groups in total. The van der Waals surface area contributed by atoms with E-state index in [9.17, 15) is 9.59 Å². The van der Waals surface area contributed by atoms with Crippen LogP contribution >= 0.6 is 11.6 Å². The lowest BCUT2D eigenvalue weighted by Gasteiger charge is -2.15. The van der Waals surface area contributed by atoms with Gasteiger partial charge in [0.1, 0.15) is 5.69 Å². The zero-order valence-corrected chi connectivity index (χ0v) is 16.2. The number of esters is 1. The van der Waals surface area contributed by atoms with Gasteiger partial charge in [0.05, 0.1) is 11.1 Å². The summed E-state index contributed by atoms with van der Waals surface area (Å²) in [6.45, 7) is 5.58. The number of ether oxygens (including phenoxy) is 1. The van der Waals surface area contributed by atoms with E-state index in [0.717, 1.165) is 22.0 Å². The smallest absolute Gasteiger partial charge is 0.356 e. The molecule has 2 aromatic carbocycles. The van der Waals surface area contributed by atoms with E-state index >= 15 is 0 Å². The molecule has 0 aliphatic rings. The second-order valence-electron chi connectivity index (χ2n) is 6.57. The van der Waals surface area contributed by atoms with Crippen LogP contribution in [0.4, 0.5) is 0 Å². The number of hydrogen-bond donors (Lipinski definition) is 2. The lowest BCUT2D eigenvalue weighted by Crippen LogP contribution is -2.31. The molecule has 1 aromatic heterocycles. The van der Waals surface area contributed by atoms with Crippen molar-refractivity contribution in [1.82, 2.24) is 10.3 Å². The predicted molar refractivity (Wildman–Crippen MR) is 106 cm³/mol. The molecule has 27 heavy (non-hydrogen) atoms. The third-order valence-electron chi connectivity index (χ3n) is 4.59. The average molecular weight is 385 g/mol. The van der Waals surface area contributed by atoms with Crippen molar-refractivity contribution in [3.63, 3.8) is 0 Å². The Balaban J connectivity index is 1.60. The molecule has 0 saturated carbocycles. The van der Waals surface area contributed by atoms with Crippen molar-refractivity contribution in [2.45, 2.75) is 26.8 Å². The van der Waals surface area contributed by atoms with Crippen LogP contribution in [-0.4, -0.2) is 23.5 Å². The third kappa shape index (κ3) is 4.14. The summed E-state index contributed by atoms with van der Waals surface area (Å²) in [6, 6.07) is 13.1. The van der Waals surface area contributed by atoms with Crippen molar-refractivity contribution in [2.24, 2.45) is 0 Å². The Kier molecular flexibility index (Phi) is 5.51. The number of carbonyl (C=O) groups is 2. The molecular formula is C21H21ClN2O3. The van der Waals surface area contributed by atoms with Crippen LogP contribution in [-0.2, 0) is 9.53 Å². The molecule has 3 aromatic rings. The molecule has 3 rings (SSSR count). The Morgan fingerprint density at radius 3 is 2.59 bits per heavy atom. The summed E-state index contributed by atoms with van der Waals surface area (Å²) in [6.07, 6.45) is 0. The van der Waals surface area contributed by atoms with Crippen LogP contribution in [0.2, 0.25) is 5.02 Å². The first-order valence-corrected chi connectivity index (χ1v) is 9.04. The maximum atomic E-state index is 12.3. The largest absolute Gasteiger partial charge is 0.451 e. The topological polar surface area (TPSA) is 71.2 Å². The van der Waals surface area contributed by atoms with Crippen molar-refractivity contribution in [1.29, 1.82) is 0 Å². The molecule has 1 atom stereocenters. The van der Waals surface area contributed by atoms with Gasteiger partial charge in [-0.2, -0.15) is 0 Å². The molecule has 1 amide bonds. The molecule has 0 bridgehead atoms. The van der Waals surface area contributed by atoms with Crippen molar-refractivity contribution in [3.8, 4) is 0 Å². The Hall–Kier alpha value is -2.79. The maximum Gasteiger partial charge on any atom is 0.356 e. The van der Waals surface area contributed by atoms with Crippen LogP contribution in [0, 0.1) is 13.8 Å². The molecule has 0 radical (unpaired) electrons. The number of para-hydroxylation sites is 1. The zero-order valence-electron chi connectivity index (χ0n) is 15.4. The Labute approximate surface area is 162 Å². The fourth-order valence-electron chi connectivity index (χ4n) is 2.85. The molecule has 0 aliphatic carbocycles. The van der Waals surface area contributed by atoms with Gasteiger partial charge in [0.25, 0.3) is 5.91 Å². The molecule has 1 heterocycles. The van der Waals surface area contributed by atoms with Crippen molar-refractivity contribution in [2.75, 3.05) is 6.61 Å². The molecule has 0 fully saturated rings. The number of H-pyrrole nitrogens is 1. The zero-order chi connectivity index (χ0) is 19.6. The quantitative estimate of drug-likeness (QED) is 0.637. The first kappa shape index (κ1) is 19.0. The number of nitrogens with one attached hydrogen (secondary N) is 2. The minimum Gasteiger partial charge on any atom is -0.451 e. The SMILES string of the molecule is Cc1ccc(C(C)NC(=O)COC(=O)c2[nH]c3ccccc3c2Cl)cc1C. The second kappa shape index (κ2) is 7.84. The van der Waals surface area contributed by atoms with Crippen molar-refractivity contribution < 1.29 is 14.3 Å². The summed E-state index contributed by atoms with van der Waals surface area (Å²) in [5, 5.41) is 3.86. The van der Waals surface area contributed by atoms with Gasteiger partial charge in [0, 0.05) is 10.9 Å². The number of hydrogen-bond acceptors (Lipinski definition) is 3. The Bertz CT molecular complexity index is 1010. The summed E-state index contributed by atoms with van der Waals surface area (Å²) in [5.74, 6) is -1.04. The lowest BCUT2D eigenvalue weighted by molar-refractivity contribution is -0.124. The van der Waals surface area contributed by atoms with Crippen LogP contribution < -0.4 is 5.32 Å². The van der Waals surface area contributed by atoms with Crippen LogP contribution in [0.5, 0.6) is 0 Å². The van der Waals surface area contributed by atoms with E-state index in [0.29, 0.717) is 5.02 Å². The Morgan fingerprint density at radius 2 is 1.89 bits per heavy atom. The number of aryl methyl sites for hydroxylation is 2. The summed E-state index contributed by atoms with van der Waals surface area (Å²) < 4.78 is 5.11. The highest BCUT2D eigenvalue weighted by Crippen LogP contribution is 2.27. The fraction of sp³-hybridized carbons (Fsp3) is 0.238. The van der Waals surface area contributed by atoms with Crippen LogP contribution in [0.15, 0.2) is 42.5 Å². The molecule has 0 saturated heterocycles. The summed E-state index contributed by atoms with van der Waals surface area (Å²) >= 11 is 6.23. The predicted octanol–water partition coefficient (Wildman–Crippen LogP) is 4.47. The monoisotopic (exact) mass is 384 g/mol. The highest BCUT2D eigenvalue weighted by atomic mass is 35.5. The van der Waals surface area contributed by atoms with Crippen LogP contribution in [0.1, 0.15) is 40.1 Å². The molecule has 140 valence electrons. The minimum absolute atomic E-state index is 0.146. The number of aromatic amines is 1. The number of fused-ring (bicyclic) bond motifs is 1. The van der Waals surface area contributed by atoms with Crippen LogP contribution in [0.3, 0.4) is 0 Å². The standard InChI is InChI=1S/C21H21ClN2O3/c1-12-8-9-15(10-13(12)2)14(3)23-18(25)11-27-21(26)20-19(22)16-6-4-5-7-17(16)24-20/h4-10,14,24H,11H2,1-3H3,(H,23,25). The van der Waals surface area contributed by atoms with Gasteiger partial charge in [0.2, 0.25) is 0 Å². The van der Waals surface area contributed by atoms with E-state index in [1.54, 1.807) is 0 Å². The van der Waals surface area contributed by atoms with Gasteiger partial charge in [-0.05, 0) is 43.5 Å². The van der Waals surface area contributed by atoms with E-state index in [-0.39, 0.29) is 24.2 Å². The molecule has 6 heteroatoms. The third-order valence-corrected chi connectivity index (χ3v) is 4.98. The number of rotatable bonds is 5. The minimum atomic E-state index is -0.662. The Morgan fingerprint density at radius 1 is 1.15 bits per heavy atom. The summed E-state index contributed by atoms with van der Waals surface area (Å²) in [7, 11) is 0. The van der Waals surface area contributed by atoms with E-state index in [2.05, 4.69) is 10.3 Å². The number of amides is 1. The molecular weight excluding hydrogens is 364 g/mol. The van der Waals surface area contributed by atoms with Gasteiger partial charge < -0.3 is 15.0 Å². The number of aromatic nitrogens is 1. The molecule has 5 nitrogen and oxygen atoms in total. The van der Waals surface area contributed by atoms with E-state index < -0.39 is 5.97 Å². The fourth-order valence-corrected chi connectivity index (χ4v) is 3.14. The number of halogens is 1.